The summed E-state index contributed by atoms with van der Waals surface area (Å²) in [5.74, 6) is 0. The van der Waals surface area contributed by atoms with Crippen molar-refractivity contribution in [2.45, 2.75) is 6.92 Å². The smallest absolute Gasteiger partial charge is 0.0441 e. The molecule has 0 bridgehead atoms. The third kappa shape index (κ3) is 1.38. The van der Waals surface area contributed by atoms with Crippen LogP contribution in [0.15, 0.2) is 48.5 Å². The molecule has 0 nitrogen and oxygen atoms in total. The van der Waals surface area contributed by atoms with Crippen molar-refractivity contribution in [2.24, 2.45) is 0 Å². The van der Waals surface area contributed by atoms with Crippen LogP contribution in [0.2, 0.25) is 5.02 Å². The second kappa shape index (κ2) is 3.50. The molecule has 0 radical (unpaired) electrons. The summed E-state index contributed by atoms with van der Waals surface area (Å²) < 4.78 is 0. The summed E-state index contributed by atoms with van der Waals surface area (Å²) in [4.78, 5) is 0. The molecule has 0 saturated heterocycles. The monoisotopic (exact) mass is 226 g/mol. The molecule has 1 heteroatoms. The number of fused-ring (bicyclic) bond motifs is 2. The molecule has 0 unspecified atom stereocenters. The fraction of sp³-hybridized carbons (Fsp3) is 0.0667. The molecule has 3 aromatic rings. The Labute approximate surface area is 99.5 Å². The minimum absolute atomic E-state index is 0.836. The Morgan fingerprint density at radius 3 is 2.25 bits per heavy atom. The van der Waals surface area contributed by atoms with Crippen LogP contribution in [0.25, 0.3) is 21.5 Å². The number of halogens is 1. The first kappa shape index (κ1) is 9.68. The Bertz CT molecular complexity index is 683. The summed E-state index contributed by atoms with van der Waals surface area (Å²) in [6, 6.07) is 16.9. The van der Waals surface area contributed by atoms with E-state index in [-0.39, 0.29) is 0 Å². The number of aryl methyl sites for hydroxylation is 1. The zero-order valence-corrected chi connectivity index (χ0v) is 9.75. The molecule has 0 spiro atoms. The lowest BCUT2D eigenvalue weighted by atomic mass is 10.0. The molecule has 78 valence electrons. The van der Waals surface area contributed by atoms with Gasteiger partial charge in [0.2, 0.25) is 0 Å². The van der Waals surface area contributed by atoms with E-state index in [2.05, 4.69) is 49.4 Å². The minimum atomic E-state index is 0.836. The van der Waals surface area contributed by atoms with E-state index in [1.807, 2.05) is 6.07 Å². The summed E-state index contributed by atoms with van der Waals surface area (Å²) >= 11 is 6.14. The van der Waals surface area contributed by atoms with Gasteiger partial charge in [0.1, 0.15) is 0 Å². The molecule has 0 heterocycles. The van der Waals surface area contributed by atoms with Gasteiger partial charge in [0.25, 0.3) is 0 Å². The molecule has 0 N–H and O–H groups in total. The Balaban J connectivity index is 2.51. The predicted molar refractivity (Wildman–Crippen MR) is 71.2 cm³/mol. The molecule has 16 heavy (non-hydrogen) atoms. The van der Waals surface area contributed by atoms with Gasteiger partial charge in [0, 0.05) is 5.02 Å². The fourth-order valence-electron chi connectivity index (χ4n) is 2.14. The lowest BCUT2D eigenvalue weighted by molar-refractivity contribution is 1.54. The van der Waals surface area contributed by atoms with E-state index in [4.69, 9.17) is 11.6 Å². The molecule has 0 aliphatic rings. The van der Waals surface area contributed by atoms with Crippen LogP contribution in [0.4, 0.5) is 0 Å². The highest BCUT2D eigenvalue weighted by Gasteiger charge is 2.03. The minimum Gasteiger partial charge on any atom is -0.0840 e. The zero-order valence-electron chi connectivity index (χ0n) is 9.00. The first-order valence-corrected chi connectivity index (χ1v) is 5.71. The van der Waals surface area contributed by atoms with Crippen molar-refractivity contribution in [1.29, 1.82) is 0 Å². The average molecular weight is 227 g/mol. The normalized spacial score (nSPS) is 11.1. The fourth-order valence-corrected chi connectivity index (χ4v) is 2.30. The van der Waals surface area contributed by atoms with Crippen molar-refractivity contribution in [3.63, 3.8) is 0 Å². The molecular formula is C15H11Cl. The number of hydrogen-bond donors (Lipinski definition) is 0. The molecule has 0 fully saturated rings. The van der Waals surface area contributed by atoms with E-state index in [0.717, 1.165) is 10.6 Å². The summed E-state index contributed by atoms with van der Waals surface area (Å²) in [5, 5.41) is 5.87. The second-order valence-electron chi connectivity index (χ2n) is 4.09. The van der Waals surface area contributed by atoms with Crippen LogP contribution < -0.4 is 0 Å². The Morgan fingerprint density at radius 2 is 1.50 bits per heavy atom. The van der Waals surface area contributed by atoms with E-state index >= 15 is 0 Å². The van der Waals surface area contributed by atoms with Crippen LogP contribution in [-0.4, -0.2) is 0 Å². The molecular weight excluding hydrogens is 216 g/mol. The maximum absolute atomic E-state index is 6.14. The van der Waals surface area contributed by atoms with E-state index in [1.54, 1.807) is 0 Å². The molecule has 0 aliphatic carbocycles. The van der Waals surface area contributed by atoms with Crippen LogP contribution in [0.1, 0.15) is 5.56 Å². The van der Waals surface area contributed by atoms with Gasteiger partial charge in [-0.2, -0.15) is 0 Å². The van der Waals surface area contributed by atoms with E-state index in [9.17, 15) is 0 Å². The van der Waals surface area contributed by atoms with Crippen LogP contribution >= 0.6 is 11.6 Å². The zero-order chi connectivity index (χ0) is 11.1. The van der Waals surface area contributed by atoms with Gasteiger partial charge < -0.3 is 0 Å². The Kier molecular flexibility index (Phi) is 2.12. The van der Waals surface area contributed by atoms with Gasteiger partial charge >= 0.3 is 0 Å². The van der Waals surface area contributed by atoms with Crippen LogP contribution in [-0.2, 0) is 0 Å². The van der Waals surface area contributed by atoms with Gasteiger partial charge in [0.15, 0.2) is 0 Å². The van der Waals surface area contributed by atoms with Gasteiger partial charge in [0.05, 0.1) is 0 Å². The Hall–Kier alpha value is -1.53. The number of benzene rings is 3. The summed E-state index contributed by atoms with van der Waals surface area (Å²) in [5.41, 5.74) is 1.16. The topological polar surface area (TPSA) is 0 Å². The van der Waals surface area contributed by atoms with E-state index in [1.165, 1.54) is 21.5 Å². The SMILES string of the molecule is Cc1c(Cl)ccc2cc3ccccc3cc12. The second-order valence-corrected chi connectivity index (χ2v) is 4.50. The summed E-state index contributed by atoms with van der Waals surface area (Å²) in [6.07, 6.45) is 0. The lowest BCUT2D eigenvalue weighted by Gasteiger charge is -2.06. The standard InChI is InChI=1S/C15H11Cl/c1-10-14-9-12-5-3-2-4-11(12)8-13(14)6-7-15(10)16/h2-9H,1H3. The lowest BCUT2D eigenvalue weighted by Crippen LogP contribution is -1.81. The van der Waals surface area contributed by atoms with Gasteiger partial charge in [-0.3, -0.25) is 0 Å². The average Bonchev–Trinajstić information content (AvgIpc) is 2.32. The first-order valence-electron chi connectivity index (χ1n) is 5.33. The van der Waals surface area contributed by atoms with Crippen molar-refractivity contribution in [3.8, 4) is 0 Å². The van der Waals surface area contributed by atoms with Gasteiger partial charge in [-0.25, -0.2) is 0 Å². The molecule has 3 aromatic carbocycles. The van der Waals surface area contributed by atoms with Crippen LogP contribution in [0.5, 0.6) is 0 Å². The van der Waals surface area contributed by atoms with Crippen LogP contribution in [0, 0.1) is 6.92 Å². The maximum atomic E-state index is 6.14. The largest absolute Gasteiger partial charge is 0.0840 e. The van der Waals surface area contributed by atoms with Crippen molar-refractivity contribution in [3.05, 3.63) is 59.1 Å². The van der Waals surface area contributed by atoms with Crippen molar-refractivity contribution in [2.75, 3.05) is 0 Å². The van der Waals surface area contributed by atoms with Gasteiger partial charge in [-0.15, -0.1) is 0 Å². The highest BCUT2D eigenvalue weighted by atomic mass is 35.5. The first-order chi connectivity index (χ1) is 7.75. The molecule has 0 atom stereocenters. The Morgan fingerprint density at radius 1 is 0.812 bits per heavy atom. The number of rotatable bonds is 0. The highest BCUT2D eigenvalue weighted by Crippen LogP contribution is 2.29. The predicted octanol–water partition coefficient (Wildman–Crippen LogP) is 4.95. The van der Waals surface area contributed by atoms with Crippen molar-refractivity contribution < 1.29 is 0 Å². The third-order valence-electron chi connectivity index (χ3n) is 3.09. The molecule has 3 rings (SSSR count). The number of hydrogen-bond acceptors (Lipinski definition) is 0. The van der Waals surface area contributed by atoms with Gasteiger partial charge in [-0.05, 0) is 52.2 Å². The molecule has 0 saturated carbocycles. The quantitative estimate of drug-likeness (QED) is 0.476. The molecule has 0 aromatic heterocycles. The third-order valence-corrected chi connectivity index (χ3v) is 3.50. The van der Waals surface area contributed by atoms with Gasteiger partial charge in [-0.1, -0.05) is 41.9 Å². The molecule has 0 aliphatic heterocycles. The summed E-state index contributed by atoms with van der Waals surface area (Å²) in [6.45, 7) is 2.07. The summed E-state index contributed by atoms with van der Waals surface area (Å²) in [7, 11) is 0. The highest BCUT2D eigenvalue weighted by molar-refractivity contribution is 6.32. The van der Waals surface area contributed by atoms with E-state index in [0.29, 0.717) is 0 Å². The van der Waals surface area contributed by atoms with Crippen molar-refractivity contribution in [1.82, 2.24) is 0 Å². The maximum Gasteiger partial charge on any atom is 0.0441 e. The van der Waals surface area contributed by atoms with Crippen LogP contribution in [0.3, 0.4) is 0 Å². The van der Waals surface area contributed by atoms with E-state index < -0.39 is 0 Å². The van der Waals surface area contributed by atoms with Crippen molar-refractivity contribution >= 4 is 33.1 Å². The molecule has 0 amide bonds.